The van der Waals surface area contributed by atoms with E-state index < -0.39 is 5.54 Å². The first-order chi connectivity index (χ1) is 8.48. The molecule has 0 bridgehead atoms. The second-order valence-corrected chi connectivity index (χ2v) is 4.94. The predicted molar refractivity (Wildman–Crippen MR) is 72.2 cm³/mol. The average molecular weight is 250 g/mol. The highest BCUT2D eigenvalue weighted by Crippen LogP contribution is 2.19. The van der Waals surface area contributed by atoms with Crippen LogP contribution in [-0.2, 0) is 10.3 Å². The zero-order valence-electron chi connectivity index (χ0n) is 11.2. The minimum absolute atomic E-state index is 0.121. The number of nitrogens with one attached hydrogen (secondary N) is 2. The number of benzene rings is 1. The monoisotopic (exact) mass is 250 g/mol. The Morgan fingerprint density at radius 3 is 2.44 bits per heavy atom. The van der Waals surface area contributed by atoms with E-state index in [2.05, 4.69) is 10.6 Å². The number of carbonyl (C=O) groups excluding carboxylic acids is 1. The quantitative estimate of drug-likeness (QED) is 0.706. The van der Waals surface area contributed by atoms with Gasteiger partial charge in [-0.05, 0) is 12.5 Å². The fourth-order valence-corrected chi connectivity index (χ4v) is 1.66. The summed E-state index contributed by atoms with van der Waals surface area (Å²) in [5, 5.41) is 15.4. The molecule has 0 aliphatic carbocycles. The van der Waals surface area contributed by atoms with E-state index in [1.807, 2.05) is 51.1 Å². The van der Waals surface area contributed by atoms with Gasteiger partial charge in [-0.1, -0.05) is 44.2 Å². The van der Waals surface area contributed by atoms with Crippen molar-refractivity contribution in [2.24, 2.45) is 0 Å². The van der Waals surface area contributed by atoms with E-state index >= 15 is 0 Å². The highest BCUT2D eigenvalue weighted by atomic mass is 16.3. The maximum atomic E-state index is 11.8. The van der Waals surface area contributed by atoms with Crippen molar-refractivity contribution in [2.75, 3.05) is 13.2 Å². The molecular weight excluding hydrogens is 228 g/mol. The van der Waals surface area contributed by atoms with Crippen LogP contribution in [0.15, 0.2) is 30.3 Å². The summed E-state index contributed by atoms with van der Waals surface area (Å²) in [6, 6.07) is 9.74. The number of aliphatic hydroxyl groups is 1. The van der Waals surface area contributed by atoms with Crippen LogP contribution in [0.1, 0.15) is 26.3 Å². The second kappa shape index (κ2) is 6.52. The smallest absolute Gasteiger partial charge is 0.234 e. The third-order valence-corrected chi connectivity index (χ3v) is 2.81. The SMILES string of the molecule is CC(C)NCC(=O)NC(C)(CO)c1ccccc1. The van der Waals surface area contributed by atoms with Crippen molar-refractivity contribution in [3.8, 4) is 0 Å². The molecule has 1 atom stereocenters. The fourth-order valence-electron chi connectivity index (χ4n) is 1.66. The molecule has 4 heteroatoms. The standard InChI is InChI=1S/C14H22N2O2/c1-11(2)15-9-13(18)16-14(3,10-17)12-7-5-4-6-8-12/h4-8,11,15,17H,9-10H2,1-3H3,(H,16,18). The van der Waals surface area contributed by atoms with Crippen LogP contribution in [-0.4, -0.2) is 30.2 Å². The summed E-state index contributed by atoms with van der Waals surface area (Å²) in [7, 11) is 0. The van der Waals surface area contributed by atoms with Gasteiger partial charge in [0, 0.05) is 6.04 Å². The van der Waals surface area contributed by atoms with Crippen LogP contribution in [0.2, 0.25) is 0 Å². The molecule has 1 aromatic carbocycles. The molecule has 0 heterocycles. The van der Waals surface area contributed by atoms with E-state index in [0.29, 0.717) is 0 Å². The molecular formula is C14H22N2O2. The molecule has 0 saturated carbocycles. The lowest BCUT2D eigenvalue weighted by Crippen LogP contribution is -2.49. The number of hydrogen-bond donors (Lipinski definition) is 3. The molecule has 0 fully saturated rings. The Morgan fingerprint density at radius 2 is 1.94 bits per heavy atom. The minimum atomic E-state index is -0.739. The molecule has 0 radical (unpaired) electrons. The zero-order valence-corrected chi connectivity index (χ0v) is 11.2. The Morgan fingerprint density at radius 1 is 1.33 bits per heavy atom. The molecule has 0 spiro atoms. The van der Waals surface area contributed by atoms with Crippen molar-refractivity contribution in [3.63, 3.8) is 0 Å². The molecule has 4 nitrogen and oxygen atoms in total. The van der Waals surface area contributed by atoms with Crippen molar-refractivity contribution >= 4 is 5.91 Å². The lowest BCUT2D eigenvalue weighted by molar-refractivity contribution is -0.122. The van der Waals surface area contributed by atoms with Gasteiger partial charge in [-0.15, -0.1) is 0 Å². The summed E-state index contributed by atoms with van der Waals surface area (Å²) >= 11 is 0. The Bertz CT molecular complexity index is 379. The summed E-state index contributed by atoms with van der Waals surface area (Å²) in [6.07, 6.45) is 0. The number of aliphatic hydroxyl groups excluding tert-OH is 1. The zero-order chi connectivity index (χ0) is 13.6. The molecule has 1 rings (SSSR count). The maximum absolute atomic E-state index is 11.8. The van der Waals surface area contributed by atoms with E-state index in [0.717, 1.165) is 5.56 Å². The highest BCUT2D eigenvalue weighted by Gasteiger charge is 2.27. The van der Waals surface area contributed by atoms with Crippen LogP contribution in [0.25, 0.3) is 0 Å². The van der Waals surface area contributed by atoms with Gasteiger partial charge in [0.1, 0.15) is 0 Å². The van der Waals surface area contributed by atoms with Crippen LogP contribution >= 0.6 is 0 Å². The van der Waals surface area contributed by atoms with Crippen LogP contribution in [0.4, 0.5) is 0 Å². The summed E-state index contributed by atoms with van der Waals surface area (Å²) in [5.74, 6) is -0.121. The number of amides is 1. The van der Waals surface area contributed by atoms with E-state index in [9.17, 15) is 9.90 Å². The summed E-state index contributed by atoms with van der Waals surface area (Å²) < 4.78 is 0. The third-order valence-electron chi connectivity index (χ3n) is 2.81. The third kappa shape index (κ3) is 4.13. The molecule has 1 aromatic rings. The molecule has 3 N–H and O–H groups in total. The molecule has 0 aliphatic heterocycles. The first kappa shape index (κ1) is 14.7. The van der Waals surface area contributed by atoms with Crippen molar-refractivity contribution in [2.45, 2.75) is 32.4 Å². The molecule has 1 unspecified atom stereocenters. The molecule has 0 aromatic heterocycles. The van der Waals surface area contributed by atoms with Crippen LogP contribution in [0.3, 0.4) is 0 Å². The van der Waals surface area contributed by atoms with E-state index in [-0.39, 0.29) is 25.1 Å². The van der Waals surface area contributed by atoms with E-state index in [1.165, 1.54) is 0 Å². The maximum Gasteiger partial charge on any atom is 0.234 e. The first-order valence-corrected chi connectivity index (χ1v) is 6.19. The van der Waals surface area contributed by atoms with Gasteiger partial charge in [-0.3, -0.25) is 4.79 Å². The molecule has 0 aliphatic rings. The fraction of sp³-hybridized carbons (Fsp3) is 0.500. The van der Waals surface area contributed by atoms with Gasteiger partial charge in [0.2, 0.25) is 5.91 Å². The Labute approximate surface area is 108 Å². The topological polar surface area (TPSA) is 61.4 Å². The molecule has 1 amide bonds. The summed E-state index contributed by atoms with van der Waals surface area (Å²) in [4.78, 5) is 11.8. The van der Waals surface area contributed by atoms with Gasteiger partial charge in [0.15, 0.2) is 0 Å². The lowest BCUT2D eigenvalue weighted by atomic mass is 9.93. The average Bonchev–Trinajstić information content (AvgIpc) is 2.37. The van der Waals surface area contributed by atoms with Gasteiger partial charge in [0.05, 0.1) is 18.7 Å². The largest absolute Gasteiger partial charge is 0.394 e. The van der Waals surface area contributed by atoms with Crippen LogP contribution in [0.5, 0.6) is 0 Å². The number of rotatable bonds is 6. The van der Waals surface area contributed by atoms with Gasteiger partial charge >= 0.3 is 0 Å². The molecule has 100 valence electrons. The van der Waals surface area contributed by atoms with E-state index in [1.54, 1.807) is 0 Å². The van der Waals surface area contributed by atoms with Crippen molar-refractivity contribution in [1.29, 1.82) is 0 Å². The van der Waals surface area contributed by atoms with Crippen molar-refractivity contribution in [3.05, 3.63) is 35.9 Å². The Kier molecular flexibility index (Phi) is 5.31. The normalized spacial score (nSPS) is 14.3. The first-order valence-electron chi connectivity index (χ1n) is 6.19. The van der Waals surface area contributed by atoms with Gasteiger partial charge in [-0.25, -0.2) is 0 Å². The summed E-state index contributed by atoms with van der Waals surface area (Å²) in [6.45, 7) is 5.89. The Balaban J connectivity index is 2.69. The van der Waals surface area contributed by atoms with Gasteiger partial charge in [-0.2, -0.15) is 0 Å². The highest BCUT2D eigenvalue weighted by molar-refractivity contribution is 5.79. The van der Waals surface area contributed by atoms with Gasteiger partial charge < -0.3 is 15.7 Å². The van der Waals surface area contributed by atoms with Crippen molar-refractivity contribution < 1.29 is 9.90 Å². The van der Waals surface area contributed by atoms with Crippen molar-refractivity contribution in [1.82, 2.24) is 10.6 Å². The Hall–Kier alpha value is -1.39. The minimum Gasteiger partial charge on any atom is -0.394 e. The summed E-state index contributed by atoms with van der Waals surface area (Å²) in [5.41, 5.74) is 0.155. The second-order valence-electron chi connectivity index (χ2n) is 4.94. The number of carbonyl (C=O) groups is 1. The van der Waals surface area contributed by atoms with E-state index in [4.69, 9.17) is 0 Å². The van der Waals surface area contributed by atoms with Gasteiger partial charge in [0.25, 0.3) is 0 Å². The van der Waals surface area contributed by atoms with Crippen LogP contribution < -0.4 is 10.6 Å². The number of hydrogen-bond acceptors (Lipinski definition) is 3. The molecule has 0 saturated heterocycles. The molecule has 18 heavy (non-hydrogen) atoms. The van der Waals surface area contributed by atoms with Crippen LogP contribution in [0, 0.1) is 0 Å². The predicted octanol–water partition coefficient (Wildman–Crippen LogP) is 1.01. The lowest BCUT2D eigenvalue weighted by Gasteiger charge is -2.29.